The molecule has 1 fully saturated rings. The molecule has 0 bridgehead atoms. The first-order chi connectivity index (χ1) is 8.08. The SMILES string of the molecule is Cc1cccc([N+](=O)[O-])c1NC1(CO)CCC1. The third-order valence-electron chi connectivity index (χ3n) is 3.45. The number of aryl methyl sites for hydroxylation is 1. The van der Waals surface area contributed by atoms with E-state index in [1.165, 1.54) is 6.07 Å². The molecule has 92 valence electrons. The minimum absolute atomic E-state index is 0.0124. The largest absolute Gasteiger partial charge is 0.394 e. The van der Waals surface area contributed by atoms with E-state index in [0.717, 1.165) is 24.8 Å². The summed E-state index contributed by atoms with van der Waals surface area (Å²) in [6.07, 6.45) is 2.76. The van der Waals surface area contributed by atoms with Crippen LogP contribution in [0.4, 0.5) is 11.4 Å². The summed E-state index contributed by atoms with van der Waals surface area (Å²) in [5, 5.41) is 23.5. The van der Waals surface area contributed by atoms with Crippen LogP contribution in [-0.2, 0) is 0 Å². The molecule has 0 aromatic heterocycles. The van der Waals surface area contributed by atoms with Crippen molar-refractivity contribution >= 4 is 11.4 Å². The van der Waals surface area contributed by atoms with Crippen LogP contribution in [0.15, 0.2) is 18.2 Å². The van der Waals surface area contributed by atoms with Gasteiger partial charge in [-0.3, -0.25) is 10.1 Å². The van der Waals surface area contributed by atoms with Gasteiger partial charge in [0.1, 0.15) is 5.69 Å². The molecule has 1 saturated carbocycles. The van der Waals surface area contributed by atoms with E-state index in [0.29, 0.717) is 5.69 Å². The van der Waals surface area contributed by atoms with Crippen molar-refractivity contribution in [3.8, 4) is 0 Å². The smallest absolute Gasteiger partial charge is 0.292 e. The first-order valence-corrected chi connectivity index (χ1v) is 5.71. The molecule has 17 heavy (non-hydrogen) atoms. The number of nitro benzene ring substituents is 1. The molecule has 5 heteroatoms. The van der Waals surface area contributed by atoms with Crippen LogP contribution < -0.4 is 5.32 Å². The molecule has 2 rings (SSSR count). The van der Waals surface area contributed by atoms with E-state index in [2.05, 4.69) is 5.32 Å². The average Bonchev–Trinajstić information content (AvgIpc) is 2.25. The van der Waals surface area contributed by atoms with Gasteiger partial charge in [-0.25, -0.2) is 0 Å². The van der Waals surface area contributed by atoms with Gasteiger partial charge in [0.2, 0.25) is 0 Å². The highest BCUT2D eigenvalue weighted by Gasteiger charge is 2.37. The first-order valence-electron chi connectivity index (χ1n) is 5.71. The molecule has 1 aromatic rings. The van der Waals surface area contributed by atoms with Crippen LogP contribution in [0.1, 0.15) is 24.8 Å². The molecular weight excluding hydrogens is 220 g/mol. The van der Waals surface area contributed by atoms with Gasteiger partial charge in [-0.1, -0.05) is 12.1 Å². The lowest BCUT2D eigenvalue weighted by atomic mass is 9.77. The molecule has 0 aliphatic heterocycles. The Balaban J connectivity index is 2.34. The predicted molar refractivity (Wildman–Crippen MR) is 65.1 cm³/mol. The van der Waals surface area contributed by atoms with Crippen LogP contribution in [-0.4, -0.2) is 22.2 Å². The second-order valence-corrected chi connectivity index (χ2v) is 4.64. The minimum Gasteiger partial charge on any atom is -0.394 e. The molecular formula is C12H16N2O3. The Morgan fingerprint density at radius 2 is 2.24 bits per heavy atom. The van der Waals surface area contributed by atoms with E-state index in [1.54, 1.807) is 6.07 Å². The third-order valence-corrected chi connectivity index (χ3v) is 3.45. The van der Waals surface area contributed by atoms with E-state index < -0.39 is 0 Å². The number of nitro groups is 1. The summed E-state index contributed by atoms with van der Waals surface area (Å²) in [4.78, 5) is 10.6. The quantitative estimate of drug-likeness (QED) is 0.621. The second-order valence-electron chi connectivity index (χ2n) is 4.64. The van der Waals surface area contributed by atoms with E-state index >= 15 is 0 Å². The van der Waals surface area contributed by atoms with Gasteiger partial charge in [0, 0.05) is 6.07 Å². The summed E-state index contributed by atoms with van der Waals surface area (Å²) in [6, 6.07) is 4.99. The van der Waals surface area contributed by atoms with Crippen LogP contribution >= 0.6 is 0 Å². The maximum atomic E-state index is 11.0. The zero-order chi connectivity index (χ0) is 12.5. The Morgan fingerprint density at radius 3 is 2.71 bits per heavy atom. The van der Waals surface area contributed by atoms with E-state index in [-0.39, 0.29) is 22.8 Å². The molecule has 0 unspecified atom stereocenters. The molecule has 0 radical (unpaired) electrons. The van der Waals surface area contributed by atoms with Crippen molar-refractivity contribution in [3.05, 3.63) is 33.9 Å². The normalized spacial score (nSPS) is 17.3. The molecule has 1 aromatic carbocycles. The van der Waals surface area contributed by atoms with E-state index in [9.17, 15) is 15.2 Å². The van der Waals surface area contributed by atoms with Crippen molar-refractivity contribution in [2.24, 2.45) is 0 Å². The maximum absolute atomic E-state index is 11.0. The molecule has 0 spiro atoms. The first kappa shape index (κ1) is 11.9. The topological polar surface area (TPSA) is 75.4 Å². The van der Waals surface area contributed by atoms with Crippen molar-refractivity contribution in [2.45, 2.75) is 31.7 Å². The number of para-hydroxylation sites is 1. The number of anilines is 1. The summed E-state index contributed by atoms with van der Waals surface area (Å²) in [6.45, 7) is 1.84. The summed E-state index contributed by atoms with van der Waals surface area (Å²) >= 11 is 0. The Kier molecular flexibility index (Phi) is 3.02. The maximum Gasteiger partial charge on any atom is 0.292 e. The van der Waals surface area contributed by atoms with Crippen molar-refractivity contribution < 1.29 is 10.0 Å². The van der Waals surface area contributed by atoms with Crippen molar-refractivity contribution in [1.29, 1.82) is 0 Å². The monoisotopic (exact) mass is 236 g/mol. The second kappa shape index (κ2) is 4.33. The van der Waals surface area contributed by atoms with Crippen LogP contribution in [0.5, 0.6) is 0 Å². The van der Waals surface area contributed by atoms with Gasteiger partial charge in [-0.05, 0) is 31.7 Å². The van der Waals surface area contributed by atoms with Gasteiger partial charge in [0.15, 0.2) is 0 Å². The molecule has 1 aliphatic carbocycles. The Hall–Kier alpha value is -1.62. The molecule has 2 N–H and O–H groups in total. The zero-order valence-corrected chi connectivity index (χ0v) is 9.77. The number of aliphatic hydroxyl groups excluding tert-OH is 1. The standard InChI is InChI=1S/C12H16N2O3/c1-9-4-2-5-10(14(16)17)11(9)13-12(8-15)6-3-7-12/h2,4-5,13,15H,3,6-8H2,1H3. The van der Waals surface area contributed by atoms with Crippen LogP contribution in [0.3, 0.4) is 0 Å². The Bertz CT molecular complexity index is 436. The summed E-state index contributed by atoms with van der Waals surface area (Å²) in [5.74, 6) is 0. The number of hydrogen-bond acceptors (Lipinski definition) is 4. The van der Waals surface area contributed by atoms with Gasteiger partial charge >= 0.3 is 0 Å². The van der Waals surface area contributed by atoms with Crippen molar-refractivity contribution in [3.63, 3.8) is 0 Å². The van der Waals surface area contributed by atoms with Crippen LogP contribution in [0, 0.1) is 17.0 Å². The van der Waals surface area contributed by atoms with Gasteiger partial charge in [0.05, 0.1) is 17.1 Å². The number of rotatable bonds is 4. The Labute approximate surface area is 99.6 Å². The number of benzene rings is 1. The average molecular weight is 236 g/mol. The molecule has 0 atom stereocenters. The molecule has 5 nitrogen and oxygen atoms in total. The van der Waals surface area contributed by atoms with Crippen molar-refractivity contribution in [2.75, 3.05) is 11.9 Å². The van der Waals surface area contributed by atoms with E-state index in [4.69, 9.17) is 0 Å². The number of nitrogens with zero attached hydrogens (tertiary/aromatic N) is 1. The minimum atomic E-state index is -0.390. The number of nitrogens with one attached hydrogen (secondary N) is 1. The highest BCUT2D eigenvalue weighted by Crippen LogP contribution is 2.38. The molecule has 0 amide bonds. The fourth-order valence-electron chi connectivity index (χ4n) is 2.16. The summed E-state index contributed by atoms with van der Waals surface area (Å²) < 4.78 is 0. The summed E-state index contributed by atoms with van der Waals surface area (Å²) in [5.41, 5.74) is 1.08. The van der Waals surface area contributed by atoms with Crippen molar-refractivity contribution in [1.82, 2.24) is 0 Å². The predicted octanol–water partition coefficient (Wildman–Crippen LogP) is 2.23. The number of aliphatic hydroxyl groups is 1. The third kappa shape index (κ3) is 2.10. The fraction of sp³-hybridized carbons (Fsp3) is 0.500. The molecule has 0 saturated heterocycles. The van der Waals surface area contributed by atoms with E-state index in [1.807, 2.05) is 13.0 Å². The van der Waals surface area contributed by atoms with Gasteiger partial charge in [-0.15, -0.1) is 0 Å². The highest BCUT2D eigenvalue weighted by molar-refractivity contribution is 5.67. The highest BCUT2D eigenvalue weighted by atomic mass is 16.6. The fourth-order valence-corrected chi connectivity index (χ4v) is 2.16. The molecule has 0 heterocycles. The van der Waals surface area contributed by atoms with Crippen LogP contribution in [0.2, 0.25) is 0 Å². The van der Waals surface area contributed by atoms with Gasteiger partial charge in [0.25, 0.3) is 5.69 Å². The summed E-state index contributed by atoms with van der Waals surface area (Å²) in [7, 11) is 0. The Morgan fingerprint density at radius 1 is 1.53 bits per heavy atom. The lowest BCUT2D eigenvalue weighted by Gasteiger charge is -2.42. The van der Waals surface area contributed by atoms with Crippen LogP contribution in [0.25, 0.3) is 0 Å². The lowest BCUT2D eigenvalue weighted by molar-refractivity contribution is -0.384. The number of hydrogen-bond donors (Lipinski definition) is 2. The zero-order valence-electron chi connectivity index (χ0n) is 9.77. The lowest BCUT2D eigenvalue weighted by Crippen LogP contribution is -2.48. The van der Waals surface area contributed by atoms with Gasteiger partial charge in [-0.2, -0.15) is 0 Å². The molecule has 1 aliphatic rings. The van der Waals surface area contributed by atoms with Gasteiger partial charge < -0.3 is 10.4 Å².